The van der Waals surface area contributed by atoms with Crippen LogP contribution in [0.5, 0.6) is 0 Å². The summed E-state index contributed by atoms with van der Waals surface area (Å²) >= 11 is 0. The van der Waals surface area contributed by atoms with Gasteiger partial charge in [-0.1, -0.05) is 0 Å². The van der Waals surface area contributed by atoms with E-state index in [1.807, 2.05) is 0 Å². The second-order valence-electron chi connectivity index (χ2n) is 3.83. The molecular formula is C8H14F3NO3S. The minimum Gasteiger partial charge on any atom is -0.396 e. The Labute approximate surface area is 92.1 Å². The highest BCUT2D eigenvalue weighted by Gasteiger charge is 2.50. The molecule has 1 saturated heterocycles. The lowest BCUT2D eigenvalue weighted by Gasteiger charge is -2.31. The monoisotopic (exact) mass is 261 g/mol. The largest absolute Gasteiger partial charge is 0.511 e. The SMILES string of the molecule is O=S(=O)(N1CCCC(CCO)C1)C(F)(F)F. The molecule has 0 saturated carbocycles. The molecule has 0 amide bonds. The van der Waals surface area contributed by atoms with Gasteiger partial charge in [0.1, 0.15) is 0 Å². The fourth-order valence-electron chi connectivity index (χ4n) is 1.81. The van der Waals surface area contributed by atoms with E-state index in [4.69, 9.17) is 5.11 Å². The zero-order valence-corrected chi connectivity index (χ0v) is 9.39. The van der Waals surface area contributed by atoms with E-state index in [1.54, 1.807) is 0 Å². The van der Waals surface area contributed by atoms with Crippen molar-refractivity contribution in [3.63, 3.8) is 0 Å². The van der Waals surface area contributed by atoms with Gasteiger partial charge in [0, 0.05) is 19.7 Å². The highest BCUT2D eigenvalue weighted by molar-refractivity contribution is 7.90. The summed E-state index contributed by atoms with van der Waals surface area (Å²) in [7, 11) is -5.20. The molecule has 1 unspecified atom stereocenters. The van der Waals surface area contributed by atoms with Crippen molar-refractivity contribution in [2.75, 3.05) is 19.7 Å². The number of alkyl halides is 3. The molecule has 0 aromatic heterocycles. The molecule has 1 atom stereocenters. The van der Waals surface area contributed by atoms with Crippen molar-refractivity contribution >= 4 is 10.0 Å². The van der Waals surface area contributed by atoms with Crippen molar-refractivity contribution in [2.24, 2.45) is 5.92 Å². The van der Waals surface area contributed by atoms with E-state index in [9.17, 15) is 21.6 Å². The Morgan fingerprint density at radius 3 is 2.50 bits per heavy atom. The van der Waals surface area contributed by atoms with Crippen LogP contribution >= 0.6 is 0 Å². The standard InChI is InChI=1S/C8H14F3NO3S/c9-8(10,11)16(14,15)12-4-1-2-7(6-12)3-5-13/h7,13H,1-6H2. The lowest BCUT2D eigenvalue weighted by molar-refractivity contribution is -0.0499. The van der Waals surface area contributed by atoms with Gasteiger partial charge in [-0.2, -0.15) is 17.5 Å². The van der Waals surface area contributed by atoms with Crippen molar-refractivity contribution in [2.45, 2.75) is 24.8 Å². The molecule has 0 aromatic rings. The molecule has 1 rings (SSSR count). The van der Waals surface area contributed by atoms with Crippen LogP contribution in [0.25, 0.3) is 0 Å². The molecule has 0 aromatic carbocycles. The van der Waals surface area contributed by atoms with Crippen molar-refractivity contribution in [3.8, 4) is 0 Å². The smallest absolute Gasteiger partial charge is 0.396 e. The van der Waals surface area contributed by atoms with Gasteiger partial charge in [-0.05, 0) is 25.2 Å². The predicted molar refractivity (Wildman–Crippen MR) is 51.0 cm³/mol. The van der Waals surface area contributed by atoms with Crippen LogP contribution in [0.4, 0.5) is 13.2 Å². The number of sulfonamides is 1. The minimum absolute atomic E-state index is 0.0935. The van der Waals surface area contributed by atoms with Crippen LogP contribution in [-0.4, -0.2) is 43.0 Å². The predicted octanol–water partition coefficient (Wildman–Crippen LogP) is 0.930. The highest BCUT2D eigenvalue weighted by Crippen LogP contribution is 2.30. The third kappa shape index (κ3) is 2.86. The van der Waals surface area contributed by atoms with E-state index >= 15 is 0 Å². The first kappa shape index (κ1) is 13.7. The number of piperidine rings is 1. The minimum atomic E-state index is -5.23. The van der Waals surface area contributed by atoms with Crippen LogP contribution in [-0.2, 0) is 10.0 Å². The Bertz CT molecular complexity index is 326. The quantitative estimate of drug-likeness (QED) is 0.822. The molecule has 1 heterocycles. The maximum absolute atomic E-state index is 12.3. The number of hydrogen-bond donors (Lipinski definition) is 1. The van der Waals surface area contributed by atoms with Crippen LogP contribution in [0.1, 0.15) is 19.3 Å². The van der Waals surface area contributed by atoms with E-state index in [2.05, 4.69) is 0 Å². The third-order valence-corrected chi connectivity index (χ3v) is 4.25. The Morgan fingerprint density at radius 1 is 1.38 bits per heavy atom. The summed E-state index contributed by atoms with van der Waals surface area (Å²) in [6, 6.07) is 0. The third-order valence-electron chi connectivity index (χ3n) is 2.65. The van der Waals surface area contributed by atoms with E-state index in [0.29, 0.717) is 23.6 Å². The maximum atomic E-state index is 12.3. The molecule has 1 N–H and O–H groups in total. The molecule has 0 radical (unpaired) electrons. The van der Waals surface area contributed by atoms with Crippen molar-refractivity contribution < 1.29 is 26.7 Å². The Hall–Kier alpha value is -0.340. The Kier molecular flexibility index (Phi) is 4.19. The normalized spacial score (nSPS) is 24.6. The van der Waals surface area contributed by atoms with E-state index in [-0.39, 0.29) is 25.6 Å². The molecule has 8 heteroatoms. The summed E-state index contributed by atoms with van der Waals surface area (Å²) in [5.41, 5.74) is -5.23. The summed E-state index contributed by atoms with van der Waals surface area (Å²) < 4.78 is 59.4. The van der Waals surface area contributed by atoms with Gasteiger partial charge in [-0.15, -0.1) is 0 Å². The first-order chi connectivity index (χ1) is 7.29. The number of nitrogens with zero attached hydrogens (tertiary/aromatic N) is 1. The summed E-state index contributed by atoms with van der Waals surface area (Å²) in [6.07, 6.45) is 1.40. The second-order valence-corrected chi connectivity index (χ2v) is 5.76. The molecule has 1 aliphatic heterocycles. The van der Waals surface area contributed by atoms with Gasteiger partial charge in [0.25, 0.3) is 0 Å². The average molecular weight is 261 g/mol. The molecular weight excluding hydrogens is 247 g/mol. The molecule has 1 fully saturated rings. The van der Waals surface area contributed by atoms with Crippen molar-refractivity contribution in [1.82, 2.24) is 4.31 Å². The summed E-state index contributed by atoms with van der Waals surface area (Å²) in [5, 5.41) is 8.68. The van der Waals surface area contributed by atoms with E-state index in [1.165, 1.54) is 0 Å². The highest BCUT2D eigenvalue weighted by atomic mass is 32.2. The van der Waals surface area contributed by atoms with Gasteiger partial charge in [0.15, 0.2) is 0 Å². The molecule has 96 valence electrons. The van der Waals surface area contributed by atoms with Crippen LogP contribution in [0, 0.1) is 5.92 Å². The fourth-order valence-corrected chi connectivity index (χ4v) is 2.88. The van der Waals surface area contributed by atoms with Gasteiger partial charge in [-0.25, -0.2) is 8.42 Å². The summed E-state index contributed by atoms with van der Waals surface area (Å²) in [6.45, 7) is -0.378. The van der Waals surface area contributed by atoms with Crippen LogP contribution in [0.15, 0.2) is 0 Å². The van der Waals surface area contributed by atoms with Gasteiger partial charge in [-0.3, -0.25) is 0 Å². The zero-order chi connectivity index (χ0) is 12.4. The average Bonchev–Trinajstić information content (AvgIpc) is 2.17. The molecule has 0 bridgehead atoms. The number of aliphatic hydroxyl groups excluding tert-OH is 1. The first-order valence-electron chi connectivity index (χ1n) is 4.96. The number of rotatable bonds is 3. The Morgan fingerprint density at radius 2 is 2.00 bits per heavy atom. The number of halogens is 3. The molecule has 16 heavy (non-hydrogen) atoms. The van der Waals surface area contributed by atoms with E-state index in [0.717, 1.165) is 0 Å². The lowest BCUT2D eigenvalue weighted by atomic mass is 9.97. The van der Waals surface area contributed by atoms with E-state index < -0.39 is 15.5 Å². The summed E-state index contributed by atoms with van der Waals surface area (Å²) in [4.78, 5) is 0. The maximum Gasteiger partial charge on any atom is 0.511 e. The summed E-state index contributed by atoms with van der Waals surface area (Å²) in [5.74, 6) is -0.184. The Balaban J connectivity index is 2.74. The van der Waals surface area contributed by atoms with Gasteiger partial charge >= 0.3 is 15.5 Å². The molecule has 0 spiro atoms. The lowest BCUT2D eigenvalue weighted by Crippen LogP contribution is -2.46. The van der Waals surface area contributed by atoms with Crippen LogP contribution in [0.2, 0.25) is 0 Å². The fraction of sp³-hybridized carbons (Fsp3) is 1.00. The van der Waals surface area contributed by atoms with Crippen molar-refractivity contribution in [3.05, 3.63) is 0 Å². The first-order valence-corrected chi connectivity index (χ1v) is 6.40. The van der Waals surface area contributed by atoms with Crippen LogP contribution in [0.3, 0.4) is 0 Å². The van der Waals surface area contributed by atoms with Gasteiger partial charge in [0.2, 0.25) is 0 Å². The zero-order valence-electron chi connectivity index (χ0n) is 8.57. The van der Waals surface area contributed by atoms with Gasteiger partial charge < -0.3 is 5.11 Å². The van der Waals surface area contributed by atoms with Gasteiger partial charge in [0.05, 0.1) is 0 Å². The molecule has 1 aliphatic rings. The molecule has 4 nitrogen and oxygen atoms in total. The van der Waals surface area contributed by atoms with Crippen LogP contribution < -0.4 is 0 Å². The second kappa shape index (κ2) is 4.89. The number of aliphatic hydroxyl groups is 1. The number of hydrogen-bond acceptors (Lipinski definition) is 3. The molecule has 0 aliphatic carbocycles. The topological polar surface area (TPSA) is 57.6 Å². The van der Waals surface area contributed by atoms with Crippen molar-refractivity contribution in [1.29, 1.82) is 0 Å².